The smallest absolute Gasteiger partial charge is 0.410 e. The highest BCUT2D eigenvalue weighted by atomic mass is 16.6. The van der Waals surface area contributed by atoms with E-state index in [0.717, 1.165) is 19.5 Å². The highest BCUT2D eigenvalue weighted by Crippen LogP contribution is 2.30. The van der Waals surface area contributed by atoms with Crippen LogP contribution in [-0.2, 0) is 4.74 Å². The van der Waals surface area contributed by atoms with Crippen molar-refractivity contribution in [2.45, 2.75) is 58.7 Å². The molecule has 0 aromatic heterocycles. The summed E-state index contributed by atoms with van der Waals surface area (Å²) in [5, 5.41) is 0. The van der Waals surface area contributed by atoms with Gasteiger partial charge in [-0.1, -0.05) is 30.3 Å². The SMILES string of the molecule is C[C@H]([C@H]1CCN([C@@H](C)c2ccccc2)C1)N(C)C(=O)OC(C)(C)C. The molecule has 0 radical (unpaired) electrons. The number of nitrogens with zero attached hydrogens (tertiary/aromatic N) is 2. The van der Waals surface area contributed by atoms with Crippen LogP contribution in [0.4, 0.5) is 4.79 Å². The Morgan fingerprint density at radius 2 is 1.88 bits per heavy atom. The fraction of sp³-hybridized carbons (Fsp3) is 0.650. The van der Waals surface area contributed by atoms with Crippen LogP contribution in [0.15, 0.2) is 30.3 Å². The fourth-order valence-electron chi connectivity index (χ4n) is 3.32. The maximum Gasteiger partial charge on any atom is 0.410 e. The van der Waals surface area contributed by atoms with Gasteiger partial charge in [0.1, 0.15) is 5.60 Å². The van der Waals surface area contributed by atoms with Gasteiger partial charge in [0.2, 0.25) is 0 Å². The van der Waals surface area contributed by atoms with E-state index in [-0.39, 0.29) is 12.1 Å². The average Bonchev–Trinajstić information content (AvgIpc) is 3.01. The number of hydrogen-bond donors (Lipinski definition) is 0. The zero-order chi connectivity index (χ0) is 17.9. The largest absolute Gasteiger partial charge is 0.444 e. The van der Waals surface area contributed by atoms with Crippen molar-refractivity contribution in [3.63, 3.8) is 0 Å². The molecule has 1 saturated heterocycles. The second-order valence-corrected chi connectivity index (χ2v) is 7.96. The van der Waals surface area contributed by atoms with Crippen LogP contribution in [0.5, 0.6) is 0 Å². The Morgan fingerprint density at radius 3 is 2.46 bits per heavy atom. The number of ether oxygens (including phenoxy) is 1. The van der Waals surface area contributed by atoms with Crippen LogP contribution in [0.2, 0.25) is 0 Å². The summed E-state index contributed by atoms with van der Waals surface area (Å²) in [6.07, 6.45) is 0.885. The van der Waals surface area contributed by atoms with Crippen molar-refractivity contribution >= 4 is 6.09 Å². The van der Waals surface area contributed by atoms with E-state index in [1.807, 2.05) is 27.8 Å². The molecule has 1 aromatic carbocycles. The highest BCUT2D eigenvalue weighted by Gasteiger charge is 2.34. The molecule has 1 fully saturated rings. The normalized spacial score (nSPS) is 21.3. The number of rotatable bonds is 4. The molecule has 0 unspecified atom stereocenters. The van der Waals surface area contributed by atoms with Gasteiger partial charge >= 0.3 is 6.09 Å². The first-order valence-electron chi connectivity index (χ1n) is 8.94. The maximum absolute atomic E-state index is 12.3. The minimum atomic E-state index is -0.450. The second kappa shape index (κ2) is 7.56. The summed E-state index contributed by atoms with van der Waals surface area (Å²) in [7, 11) is 1.85. The predicted octanol–water partition coefficient (Wildman–Crippen LogP) is 4.32. The number of carbonyl (C=O) groups is 1. The summed E-state index contributed by atoms with van der Waals surface area (Å²) in [4.78, 5) is 16.6. The third-order valence-electron chi connectivity index (χ3n) is 5.06. The first-order chi connectivity index (χ1) is 11.2. The van der Waals surface area contributed by atoms with Crippen molar-refractivity contribution in [1.82, 2.24) is 9.80 Å². The molecule has 0 bridgehead atoms. The fourth-order valence-corrected chi connectivity index (χ4v) is 3.32. The molecule has 4 heteroatoms. The van der Waals surface area contributed by atoms with E-state index in [4.69, 9.17) is 4.74 Å². The van der Waals surface area contributed by atoms with E-state index in [1.54, 1.807) is 4.90 Å². The lowest BCUT2D eigenvalue weighted by Gasteiger charge is -2.32. The summed E-state index contributed by atoms with van der Waals surface area (Å²) < 4.78 is 5.50. The first-order valence-corrected chi connectivity index (χ1v) is 8.94. The molecular formula is C20H32N2O2. The van der Waals surface area contributed by atoms with Crippen molar-refractivity contribution in [2.24, 2.45) is 5.92 Å². The summed E-state index contributed by atoms with van der Waals surface area (Å²) in [5.74, 6) is 0.480. The number of benzene rings is 1. The van der Waals surface area contributed by atoms with Gasteiger partial charge in [-0.15, -0.1) is 0 Å². The van der Waals surface area contributed by atoms with Gasteiger partial charge in [-0.2, -0.15) is 0 Å². The van der Waals surface area contributed by atoms with Crippen LogP contribution in [0, 0.1) is 5.92 Å². The van der Waals surface area contributed by atoms with Gasteiger partial charge in [-0.3, -0.25) is 4.90 Å². The highest BCUT2D eigenvalue weighted by molar-refractivity contribution is 5.68. The van der Waals surface area contributed by atoms with Crippen molar-refractivity contribution < 1.29 is 9.53 Å². The molecule has 134 valence electrons. The quantitative estimate of drug-likeness (QED) is 0.823. The van der Waals surface area contributed by atoms with Crippen LogP contribution in [0.1, 0.15) is 52.6 Å². The topological polar surface area (TPSA) is 32.8 Å². The van der Waals surface area contributed by atoms with Gasteiger partial charge in [0.25, 0.3) is 0 Å². The number of likely N-dealkylation sites (tertiary alicyclic amines) is 1. The Labute approximate surface area is 146 Å². The van der Waals surface area contributed by atoms with Gasteiger partial charge in [0, 0.05) is 25.7 Å². The molecule has 0 N–H and O–H groups in total. The van der Waals surface area contributed by atoms with Gasteiger partial charge in [-0.05, 0) is 59.1 Å². The van der Waals surface area contributed by atoms with Crippen molar-refractivity contribution in [3.8, 4) is 0 Å². The molecule has 0 saturated carbocycles. The van der Waals surface area contributed by atoms with Gasteiger partial charge in [0.15, 0.2) is 0 Å². The number of carbonyl (C=O) groups excluding carboxylic acids is 1. The molecule has 0 spiro atoms. The summed E-state index contributed by atoms with van der Waals surface area (Å²) in [5.41, 5.74) is 0.903. The Hall–Kier alpha value is -1.55. The maximum atomic E-state index is 12.3. The van der Waals surface area contributed by atoms with Crippen molar-refractivity contribution in [1.29, 1.82) is 0 Å². The van der Waals surface area contributed by atoms with Gasteiger partial charge in [0.05, 0.1) is 0 Å². The summed E-state index contributed by atoms with van der Waals surface area (Å²) in [6, 6.07) is 11.2. The molecule has 0 aliphatic carbocycles. The first kappa shape index (κ1) is 18.8. The van der Waals surface area contributed by atoms with Crippen molar-refractivity contribution in [2.75, 3.05) is 20.1 Å². The Kier molecular flexibility index (Phi) is 5.92. The molecule has 1 aliphatic rings. The Bertz CT molecular complexity index is 538. The molecule has 4 nitrogen and oxygen atoms in total. The summed E-state index contributed by atoms with van der Waals surface area (Å²) in [6.45, 7) is 12.2. The zero-order valence-electron chi connectivity index (χ0n) is 16.0. The molecule has 1 aliphatic heterocycles. The Morgan fingerprint density at radius 1 is 1.25 bits per heavy atom. The molecule has 1 aromatic rings. The van der Waals surface area contributed by atoms with Crippen molar-refractivity contribution in [3.05, 3.63) is 35.9 Å². The standard InChI is InChI=1S/C20H32N2O2/c1-15(21(6)19(23)24-20(3,4)5)18-12-13-22(14-18)16(2)17-10-8-7-9-11-17/h7-11,15-16,18H,12-14H2,1-6H3/t15-,16+,18+/m1/s1. The molecular weight excluding hydrogens is 300 g/mol. The minimum Gasteiger partial charge on any atom is -0.444 e. The van der Waals surface area contributed by atoms with Crippen LogP contribution in [-0.4, -0.2) is 47.7 Å². The lowest BCUT2D eigenvalue weighted by atomic mass is 9.99. The van der Waals surface area contributed by atoms with E-state index < -0.39 is 5.60 Å². The molecule has 1 amide bonds. The molecule has 1 heterocycles. The Balaban J connectivity index is 1.93. The summed E-state index contributed by atoms with van der Waals surface area (Å²) >= 11 is 0. The number of amides is 1. The lowest BCUT2D eigenvalue weighted by molar-refractivity contribution is 0.0185. The van der Waals surface area contributed by atoms with E-state index in [0.29, 0.717) is 12.0 Å². The van der Waals surface area contributed by atoms with Gasteiger partial charge in [-0.25, -0.2) is 4.79 Å². The van der Waals surface area contributed by atoms with E-state index in [1.165, 1.54) is 5.56 Å². The predicted molar refractivity (Wildman–Crippen MR) is 98.0 cm³/mol. The van der Waals surface area contributed by atoms with Crippen LogP contribution >= 0.6 is 0 Å². The minimum absolute atomic E-state index is 0.174. The van der Waals surface area contributed by atoms with E-state index in [9.17, 15) is 4.79 Å². The zero-order valence-corrected chi connectivity index (χ0v) is 16.0. The molecule has 2 rings (SSSR count). The average molecular weight is 332 g/mol. The molecule has 24 heavy (non-hydrogen) atoms. The van der Waals surface area contributed by atoms with E-state index in [2.05, 4.69) is 49.1 Å². The lowest BCUT2D eigenvalue weighted by Crippen LogP contribution is -2.43. The third-order valence-corrected chi connectivity index (χ3v) is 5.06. The number of hydrogen-bond acceptors (Lipinski definition) is 3. The van der Waals surface area contributed by atoms with Crippen LogP contribution in [0.3, 0.4) is 0 Å². The monoisotopic (exact) mass is 332 g/mol. The van der Waals surface area contributed by atoms with Crippen LogP contribution < -0.4 is 0 Å². The van der Waals surface area contributed by atoms with Gasteiger partial charge < -0.3 is 9.64 Å². The third kappa shape index (κ3) is 4.73. The second-order valence-electron chi connectivity index (χ2n) is 7.96. The van der Waals surface area contributed by atoms with E-state index >= 15 is 0 Å². The molecule has 3 atom stereocenters. The van der Waals surface area contributed by atoms with Crippen LogP contribution in [0.25, 0.3) is 0 Å².